The zero-order chi connectivity index (χ0) is 13.0. The average molecular weight is 251 g/mol. The van der Waals surface area contributed by atoms with Crippen LogP contribution in [0.3, 0.4) is 0 Å². The molecule has 4 nitrogen and oxygen atoms in total. The zero-order valence-corrected chi connectivity index (χ0v) is 10.3. The summed E-state index contributed by atoms with van der Waals surface area (Å²) >= 11 is 0. The average Bonchev–Trinajstić information content (AvgIpc) is 2.40. The van der Waals surface area contributed by atoms with E-state index in [9.17, 15) is 9.18 Å². The van der Waals surface area contributed by atoms with Crippen LogP contribution in [0.4, 0.5) is 4.39 Å². The molecule has 1 aliphatic heterocycles. The van der Waals surface area contributed by atoms with Gasteiger partial charge in [-0.3, -0.25) is 9.78 Å². The minimum atomic E-state index is -0.556. The van der Waals surface area contributed by atoms with Gasteiger partial charge in [-0.25, -0.2) is 4.39 Å². The third-order valence-electron chi connectivity index (χ3n) is 3.39. The Morgan fingerprint density at radius 2 is 2.39 bits per heavy atom. The second-order valence-electron chi connectivity index (χ2n) is 4.58. The quantitative estimate of drug-likeness (QED) is 0.887. The van der Waals surface area contributed by atoms with E-state index < -0.39 is 5.82 Å². The highest BCUT2D eigenvalue weighted by Gasteiger charge is 2.28. The SMILES string of the molecule is NCC[C@H]1CCCCN1C(=O)c1ccncc1F. The lowest BCUT2D eigenvalue weighted by Crippen LogP contribution is -2.44. The van der Waals surface area contributed by atoms with Gasteiger partial charge in [0.05, 0.1) is 11.8 Å². The lowest BCUT2D eigenvalue weighted by atomic mass is 9.98. The van der Waals surface area contributed by atoms with E-state index in [-0.39, 0.29) is 17.5 Å². The number of carbonyl (C=O) groups is 1. The Morgan fingerprint density at radius 1 is 1.56 bits per heavy atom. The van der Waals surface area contributed by atoms with Gasteiger partial charge in [-0.05, 0) is 38.3 Å². The van der Waals surface area contributed by atoms with Crippen LogP contribution in [-0.4, -0.2) is 34.9 Å². The van der Waals surface area contributed by atoms with Crippen molar-refractivity contribution in [1.82, 2.24) is 9.88 Å². The molecule has 18 heavy (non-hydrogen) atoms. The van der Waals surface area contributed by atoms with E-state index in [2.05, 4.69) is 4.98 Å². The molecule has 0 radical (unpaired) electrons. The molecule has 0 bridgehead atoms. The maximum Gasteiger partial charge on any atom is 0.257 e. The van der Waals surface area contributed by atoms with E-state index in [0.29, 0.717) is 13.1 Å². The molecule has 0 aliphatic carbocycles. The molecule has 0 aromatic carbocycles. The number of hydrogen-bond donors (Lipinski definition) is 1. The normalized spacial score (nSPS) is 19.9. The monoisotopic (exact) mass is 251 g/mol. The Hall–Kier alpha value is -1.49. The summed E-state index contributed by atoms with van der Waals surface area (Å²) in [5, 5.41) is 0. The molecule has 0 saturated carbocycles. The van der Waals surface area contributed by atoms with Crippen molar-refractivity contribution in [3.05, 3.63) is 29.8 Å². The second kappa shape index (κ2) is 5.91. The number of carbonyl (C=O) groups excluding carboxylic acids is 1. The Morgan fingerprint density at radius 3 is 3.11 bits per heavy atom. The fraction of sp³-hybridized carbons (Fsp3) is 0.538. The fourth-order valence-corrected chi connectivity index (χ4v) is 2.46. The summed E-state index contributed by atoms with van der Waals surface area (Å²) in [6.45, 7) is 1.23. The van der Waals surface area contributed by atoms with E-state index in [1.54, 1.807) is 4.90 Å². The number of piperidine rings is 1. The first-order valence-corrected chi connectivity index (χ1v) is 6.34. The van der Waals surface area contributed by atoms with Crippen LogP contribution in [-0.2, 0) is 0 Å². The Kier molecular flexibility index (Phi) is 4.25. The van der Waals surface area contributed by atoms with Crippen LogP contribution in [0.25, 0.3) is 0 Å². The molecule has 98 valence electrons. The number of hydrogen-bond acceptors (Lipinski definition) is 3. The smallest absolute Gasteiger partial charge is 0.257 e. The summed E-state index contributed by atoms with van der Waals surface area (Å²) in [7, 11) is 0. The van der Waals surface area contributed by atoms with Crippen molar-refractivity contribution in [2.24, 2.45) is 5.73 Å². The minimum Gasteiger partial charge on any atom is -0.336 e. The van der Waals surface area contributed by atoms with E-state index in [1.165, 1.54) is 12.3 Å². The summed E-state index contributed by atoms with van der Waals surface area (Å²) in [6, 6.07) is 1.58. The highest BCUT2D eigenvalue weighted by atomic mass is 19.1. The highest BCUT2D eigenvalue weighted by Crippen LogP contribution is 2.22. The van der Waals surface area contributed by atoms with Crippen LogP contribution < -0.4 is 5.73 Å². The molecule has 1 aliphatic rings. The molecule has 1 aromatic heterocycles. The van der Waals surface area contributed by atoms with Gasteiger partial charge >= 0.3 is 0 Å². The first-order valence-electron chi connectivity index (χ1n) is 6.34. The summed E-state index contributed by atoms with van der Waals surface area (Å²) in [6.07, 6.45) is 6.33. The van der Waals surface area contributed by atoms with E-state index >= 15 is 0 Å². The molecule has 1 amide bonds. The standard InChI is InChI=1S/C13H18FN3O/c14-12-9-16-7-5-11(12)13(18)17-8-2-1-3-10(17)4-6-15/h5,7,9-10H,1-4,6,8,15H2/t10-/m1/s1. The predicted octanol–water partition coefficient (Wildman–Crippen LogP) is 1.56. The summed E-state index contributed by atoms with van der Waals surface area (Å²) in [5.74, 6) is -0.798. The number of rotatable bonds is 3. The van der Waals surface area contributed by atoms with Gasteiger partial charge in [0.1, 0.15) is 0 Å². The second-order valence-corrected chi connectivity index (χ2v) is 4.58. The van der Waals surface area contributed by atoms with Gasteiger partial charge in [0.25, 0.3) is 5.91 Å². The van der Waals surface area contributed by atoms with Gasteiger partial charge in [0.2, 0.25) is 0 Å². The minimum absolute atomic E-state index is 0.105. The molecule has 1 aromatic rings. The molecule has 1 saturated heterocycles. The van der Waals surface area contributed by atoms with Crippen molar-refractivity contribution in [3.63, 3.8) is 0 Å². The van der Waals surface area contributed by atoms with Gasteiger partial charge in [0.15, 0.2) is 5.82 Å². The van der Waals surface area contributed by atoms with Crippen molar-refractivity contribution in [2.75, 3.05) is 13.1 Å². The Bertz CT molecular complexity index is 422. The molecule has 0 unspecified atom stereocenters. The van der Waals surface area contributed by atoms with Crippen molar-refractivity contribution >= 4 is 5.91 Å². The number of nitrogens with zero attached hydrogens (tertiary/aromatic N) is 2. The molecule has 1 fully saturated rings. The van der Waals surface area contributed by atoms with Gasteiger partial charge in [-0.2, -0.15) is 0 Å². The van der Waals surface area contributed by atoms with Crippen LogP contribution in [0.15, 0.2) is 18.5 Å². The van der Waals surface area contributed by atoms with Gasteiger partial charge in [0, 0.05) is 18.8 Å². The van der Waals surface area contributed by atoms with Gasteiger partial charge in [-0.15, -0.1) is 0 Å². The lowest BCUT2D eigenvalue weighted by Gasteiger charge is -2.35. The molecule has 1 atom stereocenters. The van der Waals surface area contributed by atoms with E-state index in [4.69, 9.17) is 5.73 Å². The largest absolute Gasteiger partial charge is 0.336 e. The highest BCUT2D eigenvalue weighted by molar-refractivity contribution is 5.94. The van der Waals surface area contributed by atoms with Crippen molar-refractivity contribution < 1.29 is 9.18 Å². The molecule has 2 rings (SSSR count). The molecular weight excluding hydrogens is 233 g/mol. The number of amides is 1. The number of likely N-dealkylation sites (tertiary alicyclic amines) is 1. The van der Waals surface area contributed by atoms with Crippen LogP contribution in [0.2, 0.25) is 0 Å². The van der Waals surface area contributed by atoms with E-state index in [0.717, 1.165) is 31.9 Å². The van der Waals surface area contributed by atoms with Crippen LogP contribution >= 0.6 is 0 Å². The third kappa shape index (κ3) is 2.67. The topological polar surface area (TPSA) is 59.2 Å². The van der Waals surface area contributed by atoms with Crippen molar-refractivity contribution in [3.8, 4) is 0 Å². The molecule has 0 spiro atoms. The van der Waals surface area contributed by atoms with Crippen molar-refractivity contribution in [2.45, 2.75) is 31.7 Å². The van der Waals surface area contributed by atoms with Crippen molar-refractivity contribution in [1.29, 1.82) is 0 Å². The Balaban J connectivity index is 2.18. The molecular formula is C13H18FN3O. The maximum atomic E-state index is 13.6. The number of pyridine rings is 1. The van der Waals surface area contributed by atoms with Crippen LogP contribution in [0.1, 0.15) is 36.0 Å². The first-order chi connectivity index (χ1) is 8.74. The Labute approximate surface area is 106 Å². The van der Waals surface area contributed by atoms with E-state index in [1.807, 2.05) is 0 Å². The summed E-state index contributed by atoms with van der Waals surface area (Å²) < 4.78 is 13.6. The van der Waals surface area contributed by atoms with Gasteiger partial charge in [-0.1, -0.05) is 0 Å². The maximum absolute atomic E-state index is 13.6. The third-order valence-corrected chi connectivity index (χ3v) is 3.39. The lowest BCUT2D eigenvalue weighted by molar-refractivity contribution is 0.0600. The summed E-state index contributed by atoms with van der Waals surface area (Å²) in [4.78, 5) is 17.7. The van der Waals surface area contributed by atoms with Crippen LogP contribution in [0.5, 0.6) is 0 Å². The number of aromatic nitrogens is 1. The molecule has 5 heteroatoms. The summed E-state index contributed by atoms with van der Waals surface area (Å²) in [5.41, 5.74) is 5.67. The first kappa shape index (κ1) is 13.0. The predicted molar refractivity (Wildman–Crippen MR) is 66.5 cm³/mol. The molecule has 2 heterocycles. The van der Waals surface area contributed by atoms with Crippen LogP contribution in [0, 0.1) is 5.82 Å². The number of nitrogens with two attached hydrogens (primary N) is 1. The van der Waals surface area contributed by atoms with Gasteiger partial charge < -0.3 is 10.6 Å². The number of halogens is 1. The fourth-order valence-electron chi connectivity index (χ4n) is 2.46. The zero-order valence-electron chi connectivity index (χ0n) is 10.3. The molecule has 2 N–H and O–H groups in total.